The average Bonchev–Trinajstić information content (AvgIpc) is 3.00. The van der Waals surface area contributed by atoms with Crippen LogP contribution < -0.4 is 4.74 Å². The fourth-order valence-corrected chi connectivity index (χ4v) is 3.50. The molecular weight excluding hydrogens is 397 g/mol. The van der Waals surface area contributed by atoms with E-state index in [1.54, 1.807) is 6.07 Å². The van der Waals surface area contributed by atoms with E-state index in [4.69, 9.17) is 16.3 Å². The Kier molecular flexibility index (Phi) is 5.36. The van der Waals surface area contributed by atoms with Crippen LogP contribution in [0.3, 0.4) is 0 Å². The van der Waals surface area contributed by atoms with E-state index in [-0.39, 0.29) is 16.3 Å². The van der Waals surface area contributed by atoms with E-state index in [1.807, 2.05) is 0 Å². The molecule has 0 amide bonds. The molecule has 3 unspecified atom stereocenters. The second-order valence-corrected chi connectivity index (χ2v) is 7.27. The highest BCUT2D eigenvalue weighted by Crippen LogP contribution is 2.75. The summed E-state index contributed by atoms with van der Waals surface area (Å²) in [7, 11) is 0. The number of halogens is 6. The summed E-state index contributed by atoms with van der Waals surface area (Å²) in [5.41, 5.74) is -3.90. The Morgan fingerprint density at radius 1 is 1.30 bits per heavy atom. The normalized spacial score (nSPS) is 24.9. The highest BCUT2D eigenvalue weighted by atomic mass is 35.5. The molecular formula is C17H15ClF5NO3. The molecule has 0 saturated heterocycles. The van der Waals surface area contributed by atoms with Gasteiger partial charge in [-0.15, -0.1) is 0 Å². The van der Waals surface area contributed by atoms with Crippen molar-refractivity contribution in [1.29, 1.82) is 5.26 Å². The molecule has 0 N–H and O–H groups in total. The fourth-order valence-electron chi connectivity index (χ4n) is 3.28. The van der Waals surface area contributed by atoms with E-state index in [0.717, 1.165) is 25.1 Å². The molecule has 10 heteroatoms. The molecule has 148 valence electrons. The summed E-state index contributed by atoms with van der Waals surface area (Å²) < 4.78 is 73.8. The van der Waals surface area contributed by atoms with Crippen LogP contribution in [0.4, 0.5) is 22.0 Å². The molecule has 1 fully saturated rings. The van der Waals surface area contributed by atoms with Crippen LogP contribution in [0.15, 0.2) is 18.2 Å². The summed E-state index contributed by atoms with van der Waals surface area (Å²) in [6, 6.07) is 4.82. The van der Waals surface area contributed by atoms with Gasteiger partial charge in [0.1, 0.15) is 11.8 Å². The highest BCUT2D eigenvalue weighted by molar-refractivity contribution is 6.31. The molecule has 0 spiro atoms. The third-order valence-electron chi connectivity index (χ3n) is 5.21. The van der Waals surface area contributed by atoms with E-state index < -0.39 is 41.6 Å². The fraction of sp³-hybridized carbons (Fsp3) is 0.529. The number of nitriles is 1. The van der Waals surface area contributed by atoms with E-state index in [0.29, 0.717) is 0 Å². The lowest BCUT2D eigenvalue weighted by Crippen LogP contribution is -2.28. The summed E-state index contributed by atoms with van der Waals surface area (Å²) >= 11 is 5.90. The van der Waals surface area contributed by atoms with Crippen LogP contribution in [0.5, 0.6) is 5.75 Å². The number of nitrogens with zero attached hydrogens (tertiary/aromatic N) is 1. The van der Waals surface area contributed by atoms with Crippen molar-refractivity contribution in [3.63, 3.8) is 0 Å². The van der Waals surface area contributed by atoms with Crippen molar-refractivity contribution in [1.82, 2.24) is 0 Å². The zero-order chi connectivity index (χ0) is 20.8. The van der Waals surface area contributed by atoms with Crippen LogP contribution in [-0.4, -0.2) is 18.8 Å². The van der Waals surface area contributed by atoms with E-state index in [2.05, 4.69) is 4.74 Å². The van der Waals surface area contributed by atoms with Gasteiger partial charge >= 0.3 is 18.8 Å². The van der Waals surface area contributed by atoms with E-state index in [9.17, 15) is 32.0 Å². The SMILES string of the molecule is CC1(C)C(C(=O)OC(C#N)c2cc(OC(F)F)ccc2Cl)C1(C)C(F)(F)F. The van der Waals surface area contributed by atoms with Crippen LogP contribution in [0, 0.1) is 28.1 Å². The molecule has 3 atom stereocenters. The second-order valence-electron chi connectivity index (χ2n) is 6.86. The maximum Gasteiger partial charge on any atom is 0.395 e. The first-order valence-corrected chi connectivity index (χ1v) is 8.06. The molecule has 0 heterocycles. The minimum absolute atomic E-state index is 0.0930. The van der Waals surface area contributed by atoms with Crippen LogP contribution in [0.25, 0.3) is 0 Å². The predicted molar refractivity (Wildman–Crippen MR) is 84.0 cm³/mol. The first kappa shape index (κ1) is 21.2. The second kappa shape index (κ2) is 6.82. The zero-order valence-corrected chi connectivity index (χ0v) is 15.2. The third-order valence-corrected chi connectivity index (χ3v) is 5.55. The number of esters is 1. The quantitative estimate of drug-likeness (QED) is 0.489. The first-order valence-electron chi connectivity index (χ1n) is 7.68. The first-order chi connectivity index (χ1) is 12.3. The number of hydrogen-bond acceptors (Lipinski definition) is 4. The lowest BCUT2D eigenvalue weighted by atomic mass is 9.98. The number of rotatable bonds is 5. The number of benzene rings is 1. The molecule has 2 rings (SSSR count). The van der Waals surface area contributed by atoms with Gasteiger partial charge in [-0.05, 0) is 30.5 Å². The van der Waals surface area contributed by atoms with Gasteiger partial charge in [-0.1, -0.05) is 25.4 Å². The summed E-state index contributed by atoms with van der Waals surface area (Å²) in [6.07, 6.45) is -6.33. The lowest BCUT2D eigenvalue weighted by molar-refractivity contribution is -0.198. The van der Waals surface area contributed by atoms with Crippen LogP contribution in [0.2, 0.25) is 5.02 Å². The largest absolute Gasteiger partial charge is 0.442 e. The van der Waals surface area contributed by atoms with Crippen molar-refractivity contribution >= 4 is 17.6 Å². The predicted octanol–water partition coefficient (Wildman–Crippen LogP) is 5.27. The van der Waals surface area contributed by atoms with Gasteiger partial charge in [-0.25, -0.2) is 0 Å². The van der Waals surface area contributed by atoms with Crippen LogP contribution >= 0.6 is 11.6 Å². The zero-order valence-electron chi connectivity index (χ0n) is 14.4. The molecule has 1 saturated carbocycles. The van der Waals surface area contributed by atoms with Crippen molar-refractivity contribution in [2.75, 3.05) is 0 Å². The Bertz CT molecular complexity index is 790. The minimum atomic E-state index is -4.65. The van der Waals surface area contributed by atoms with Crippen molar-refractivity contribution in [3.8, 4) is 11.8 Å². The van der Waals surface area contributed by atoms with Crippen molar-refractivity contribution < 1.29 is 36.2 Å². The maximum absolute atomic E-state index is 13.3. The molecule has 0 aliphatic heterocycles. The molecule has 0 bridgehead atoms. The van der Waals surface area contributed by atoms with Gasteiger partial charge in [0.05, 0.1) is 11.3 Å². The van der Waals surface area contributed by atoms with Gasteiger partial charge in [0, 0.05) is 10.6 Å². The highest BCUT2D eigenvalue weighted by Gasteiger charge is 2.83. The van der Waals surface area contributed by atoms with Crippen molar-refractivity contribution in [2.24, 2.45) is 16.7 Å². The van der Waals surface area contributed by atoms with Gasteiger partial charge in [-0.3, -0.25) is 4.79 Å². The summed E-state index contributed by atoms with van der Waals surface area (Å²) in [5.74, 6) is -3.07. The monoisotopic (exact) mass is 411 g/mol. The minimum Gasteiger partial charge on any atom is -0.442 e. The van der Waals surface area contributed by atoms with Crippen molar-refractivity contribution in [3.05, 3.63) is 28.8 Å². The van der Waals surface area contributed by atoms with E-state index >= 15 is 0 Å². The number of hydrogen-bond donors (Lipinski definition) is 0. The molecule has 27 heavy (non-hydrogen) atoms. The summed E-state index contributed by atoms with van der Waals surface area (Å²) in [5, 5.41) is 9.16. The number of alkyl halides is 5. The van der Waals surface area contributed by atoms with Crippen LogP contribution in [0.1, 0.15) is 32.4 Å². The Hall–Kier alpha value is -2.08. The maximum atomic E-state index is 13.3. The molecule has 0 radical (unpaired) electrons. The molecule has 1 aliphatic rings. The lowest BCUT2D eigenvalue weighted by Gasteiger charge is -2.18. The summed E-state index contributed by atoms with van der Waals surface area (Å²) in [4.78, 5) is 12.3. The van der Waals surface area contributed by atoms with Gasteiger partial charge in [-0.2, -0.15) is 27.2 Å². The molecule has 1 aromatic carbocycles. The molecule has 0 aromatic heterocycles. The molecule has 1 aromatic rings. The Balaban J connectivity index is 2.26. The number of ether oxygens (including phenoxy) is 2. The topological polar surface area (TPSA) is 59.3 Å². The Morgan fingerprint density at radius 2 is 1.89 bits per heavy atom. The van der Waals surface area contributed by atoms with Crippen LogP contribution in [-0.2, 0) is 9.53 Å². The van der Waals surface area contributed by atoms with Gasteiger partial charge < -0.3 is 9.47 Å². The molecule has 1 aliphatic carbocycles. The van der Waals surface area contributed by atoms with Gasteiger partial charge in [0.25, 0.3) is 0 Å². The van der Waals surface area contributed by atoms with Gasteiger partial charge in [0.2, 0.25) is 6.10 Å². The summed E-state index contributed by atoms with van der Waals surface area (Å²) in [6.45, 7) is 0.321. The number of carbonyl (C=O) groups excluding carboxylic acids is 1. The van der Waals surface area contributed by atoms with E-state index in [1.165, 1.54) is 13.8 Å². The third kappa shape index (κ3) is 3.55. The smallest absolute Gasteiger partial charge is 0.395 e. The Labute approximate surface area is 156 Å². The number of carbonyl (C=O) groups is 1. The van der Waals surface area contributed by atoms with Gasteiger partial charge in [0.15, 0.2) is 0 Å². The molecule has 4 nitrogen and oxygen atoms in total. The van der Waals surface area contributed by atoms with Crippen molar-refractivity contribution in [2.45, 2.75) is 39.7 Å². The Morgan fingerprint density at radius 3 is 2.33 bits per heavy atom. The average molecular weight is 412 g/mol. The standard InChI is InChI=1S/C17H15ClF5NO3/c1-15(2)12(16(15,3)17(21,22)23)13(25)27-11(7-24)9-6-8(26-14(19)20)4-5-10(9)18/h4-6,11-12,14H,1-3H3.